The van der Waals surface area contributed by atoms with Gasteiger partial charge in [0.2, 0.25) is 0 Å². The van der Waals surface area contributed by atoms with Crippen molar-refractivity contribution in [2.24, 2.45) is 0 Å². The largest absolute Gasteiger partial charge is 2.00 e. The molecule has 0 spiro atoms. The van der Waals surface area contributed by atoms with Crippen LogP contribution >= 0.6 is 0 Å². The van der Waals surface area contributed by atoms with E-state index in [1.807, 2.05) is 0 Å². The second-order valence-electron chi connectivity index (χ2n) is 2.18. The molecule has 3 heteroatoms. The average molecular weight is 184 g/mol. The standard InChI is InChI=1S/C7H14O2.Mn/c1-2-3-4-5-6-7(8)9;/h2-6H2,1H3,(H,8,9);/q;+2/p-1. The number of carbonyl (C=O) groups excluding carboxylic acids is 1. The molecule has 0 saturated heterocycles. The second kappa shape index (κ2) is 8.99. The molecule has 59 valence electrons. The predicted molar refractivity (Wildman–Crippen MR) is 33.8 cm³/mol. The molecule has 0 amide bonds. The van der Waals surface area contributed by atoms with Crippen LogP contribution in [0.25, 0.3) is 0 Å². The zero-order valence-corrected chi connectivity index (χ0v) is 7.41. The first-order chi connectivity index (χ1) is 4.27. The first-order valence-corrected chi connectivity index (χ1v) is 3.47. The molecule has 0 fully saturated rings. The SMILES string of the molecule is CCCCCCC(=O)[O-].[Mn+2]. The van der Waals surface area contributed by atoms with Crippen LogP contribution in [0.15, 0.2) is 0 Å². The van der Waals surface area contributed by atoms with Gasteiger partial charge in [-0.1, -0.05) is 26.2 Å². The fourth-order valence-corrected chi connectivity index (χ4v) is 0.696. The Hall–Kier alpha value is -0.0105. The van der Waals surface area contributed by atoms with E-state index in [1.54, 1.807) is 0 Å². The van der Waals surface area contributed by atoms with E-state index in [1.165, 1.54) is 0 Å². The van der Waals surface area contributed by atoms with Crippen molar-refractivity contribution in [3.05, 3.63) is 0 Å². The Bertz CT molecular complexity index is 83.7. The monoisotopic (exact) mass is 184 g/mol. The molecule has 0 aromatic rings. The van der Waals surface area contributed by atoms with E-state index in [-0.39, 0.29) is 23.5 Å². The van der Waals surface area contributed by atoms with Crippen molar-refractivity contribution in [2.75, 3.05) is 0 Å². The van der Waals surface area contributed by atoms with Gasteiger partial charge < -0.3 is 9.90 Å². The summed E-state index contributed by atoms with van der Waals surface area (Å²) < 4.78 is 0. The molecular weight excluding hydrogens is 171 g/mol. The third-order valence-electron chi connectivity index (χ3n) is 1.23. The van der Waals surface area contributed by atoms with Crippen LogP contribution in [0.2, 0.25) is 0 Å². The minimum atomic E-state index is -0.925. The van der Waals surface area contributed by atoms with Crippen molar-refractivity contribution in [1.29, 1.82) is 0 Å². The van der Waals surface area contributed by atoms with Gasteiger partial charge in [0.25, 0.3) is 0 Å². The quantitative estimate of drug-likeness (QED) is 0.466. The number of aliphatic carboxylic acids is 1. The predicted octanol–water partition coefficient (Wildman–Crippen LogP) is 0.704. The molecule has 0 aliphatic rings. The Morgan fingerprint density at radius 2 is 1.90 bits per heavy atom. The van der Waals surface area contributed by atoms with E-state index in [2.05, 4.69) is 6.92 Å². The van der Waals surface area contributed by atoms with Gasteiger partial charge in [0.05, 0.1) is 0 Å². The number of carboxylic acids is 1. The van der Waals surface area contributed by atoms with Gasteiger partial charge in [-0.25, -0.2) is 0 Å². The third-order valence-corrected chi connectivity index (χ3v) is 1.23. The Morgan fingerprint density at radius 3 is 2.30 bits per heavy atom. The number of hydrogen-bond donors (Lipinski definition) is 0. The maximum Gasteiger partial charge on any atom is 2.00 e. The first kappa shape index (κ1) is 12.6. The normalized spacial score (nSPS) is 8.50. The van der Waals surface area contributed by atoms with Crippen molar-refractivity contribution >= 4 is 5.97 Å². The van der Waals surface area contributed by atoms with Gasteiger partial charge in [0.15, 0.2) is 0 Å². The minimum absolute atomic E-state index is 0. The molecule has 0 unspecified atom stereocenters. The molecule has 0 rings (SSSR count). The summed E-state index contributed by atoms with van der Waals surface area (Å²) in [6.45, 7) is 2.10. The Balaban J connectivity index is 0. The van der Waals surface area contributed by atoms with Gasteiger partial charge in [-0.2, -0.15) is 0 Å². The van der Waals surface area contributed by atoms with Gasteiger partial charge in [0.1, 0.15) is 0 Å². The number of unbranched alkanes of at least 4 members (excludes halogenated alkanes) is 3. The molecule has 0 aromatic heterocycles. The number of carbonyl (C=O) groups is 1. The number of rotatable bonds is 5. The summed E-state index contributed by atoms with van der Waals surface area (Å²) in [4.78, 5) is 9.85. The van der Waals surface area contributed by atoms with Crippen molar-refractivity contribution in [2.45, 2.75) is 39.0 Å². The number of hydrogen-bond acceptors (Lipinski definition) is 2. The molecule has 10 heavy (non-hydrogen) atoms. The Morgan fingerprint density at radius 1 is 1.30 bits per heavy atom. The smallest absolute Gasteiger partial charge is 0.550 e. The second-order valence-corrected chi connectivity index (χ2v) is 2.18. The first-order valence-electron chi connectivity index (χ1n) is 3.47. The fraction of sp³-hybridized carbons (Fsp3) is 0.857. The van der Waals surface area contributed by atoms with Gasteiger partial charge in [0, 0.05) is 5.97 Å². The molecule has 0 aromatic carbocycles. The molecule has 0 aliphatic heterocycles. The molecule has 0 heterocycles. The molecule has 0 atom stereocenters. The van der Waals surface area contributed by atoms with Crippen molar-refractivity contribution in [3.63, 3.8) is 0 Å². The van der Waals surface area contributed by atoms with E-state index in [4.69, 9.17) is 0 Å². The summed E-state index contributed by atoms with van der Waals surface area (Å²) in [5.74, 6) is -0.925. The van der Waals surface area contributed by atoms with E-state index in [0.29, 0.717) is 0 Å². The van der Waals surface area contributed by atoms with Crippen molar-refractivity contribution in [3.8, 4) is 0 Å². The summed E-state index contributed by atoms with van der Waals surface area (Å²) in [5, 5.41) is 9.85. The number of carboxylic acid groups (broad SMARTS) is 1. The molecule has 0 saturated carbocycles. The molecule has 2 nitrogen and oxygen atoms in total. The summed E-state index contributed by atoms with van der Waals surface area (Å²) in [6, 6.07) is 0. The zero-order valence-electron chi connectivity index (χ0n) is 6.23. The van der Waals surface area contributed by atoms with Gasteiger partial charge in [-0.05, 0) is 12.8 Å². The molecule has 0 N–H and O–H groups in total. The third kappa shape index (κ3) is 10.9. The maximum atomic E-state index is 9.85. The summed E-state index contributed by atoms with van der Waals surface area (Å²) in [7, 11) is 0. The summed E-state index contributed by atoms with van der Waals surface area (Å²) >= 11 is 0. The van der Waals surface area contributed by atoms with Gasteiger partial charge in [-0.15, -0.1) is 0 Å². The summed E-state index contributed by atoms with van der Waals surface area (Å²) in [6.07, 6.45) is 4.29. The summed E-state index contributed by atoms with van der Waals surface area (Å²) in [5.41, 5.74) is 0. The van der Waals surface area contributed by atoms with Crippen LogP contribution in [-0.4, -0.2) is 5.97 Å². The van der Waals surface area contributed by atoms with Crippen molar-refractivity contribution < 1.29 is 27.0 Å². The van der Waals surface area contributed by atoms with Gasteiger partial charge in [-0.3, -0.25) is 0 Å². The van der Waals surface area contributed by atoms with E-state index < -0.39 is 5.97 Å². The van der Waals surface area contributed by atoms with Crippen LogP contribution in [0, 0.1) is 0 Å². The van der Waals surface area contributed by atoms with Crippen LogP contribution in [0.1, 0.15) is 39.0 Å². The molecule has 0 bridgehead atoms. The van der Waals surface area contributed by atoms with E-state index in [0.717, 1.165) is 25.7 Å². The van der Waals surface area contributed by atoms with Crippen LogP contribution in [-0.2, 0) is 21.9 Å². The minimum Gasteiger partial charge on any atom is -0.550 e. The zero-order chi connectivity index (χ0) is 7.11. The maximum absolute atomic E-state index is 9.85. The van der Waals surface area contributed by atoms with Crippen molar-refractivity contribution in [1.82, 2.24) is 0 Å². The van der Waals surface area contributed by atoms with Crippen LogP contribution in [0.3, 0.4) is 0 Å². The van der Waals surface area contributed by atoms with Crippen LogP contribution in [0.4, 0.5) is 0 Å². The fourth-order valence-electron chi connectivity index (χ4n) is 0.696. The van der Waals surface area contributed by atoms with Crippen LogP contribution in [0.5, 0.6) is 0 Å². The Labute approximate surface area is 72.5 Å². The van der Waals surface area contributed by atoms with E-state index in [9.17, 15) is 9.90 Å². The Kier molecular flexibility index (Phi) is 11.4. The van der Waals surface area contributed by atoms with Crippen LogP contribution < -0.4 is 5.11 Å². The molecular formula is C7H13MnO2+. The molecule has 1 radical (unpaired) electrons. The molecule has 0 aliphatic carbocycles. The average Bonchev–Trinajstić information content (AvgIpc) is 1.80. The van der Waals surface area contributed by atoms with E-state index >= 15 is 0 Å². The van der Waals surface area contributed by atoms with Gasteiger partial charge >= 0.3 is 17.1 Å². The topological polar surface area (TPSA) is 40.1 Å².